The molecule has 1 N–H and O–H groups in total. The molecule has 0 spiro atoms. The Bertz CT molecular complexity index is 1370. The van der Waals surface area contributed by atoms with Crippen molar-refractivity contribution in [1.82, 2.24) is 34.6 Å². The monoisotopic (exact) mass is 476 g/mol. The van der Waals surface area contributed by atoms with Gasteiger partial charge in [-0.1, -0.05) is 13.8 Å². The van der Waals surface area contributed by atoms with Crippen LogP contribution in [0.15, 0.2) is 24.0 Å². The van der Waals surface area contributed by atoms with E-state index < -0.39 is 0 Å². The van der Waals surface area contributed by atoms with Gasteiger partial charge in [0.15, 0.2) is 10.8 Å². The molecule has 4 aromatic heterocycles. The number of carbonyl (C=O) groups is 1. The highest BCUT2D eigenvalue weighted by Crippen LogP contribution is 2.30. The number of nitrogens with zero attached hydrogens (tertiary/aromatic N) is 7. The molecule has 34 heavy (non-hydrogen) atoms. The number of aromatic nitrogens is 6. The molecule has 5 heterocycles. The number of aryl methyl sites for hydroxylation is 1. The summed E-state index contributed by atoms with van der Waals surface area (Å²) in [4.78, 5) is 33.7. The number of thiazole rings is 1. The van der Waals surface area contributed by atoms with Crippen LogP contribution in [0.1, 0.15) is 72.7 Å². The SMILES string of the molecule is Cc1nc2c(cnn2C(C)C)cc1C(=O)N1CCc2ncnc(Nc3nc(C(C)C)cs3)c2C1. The summed E-state index contributed by atoms with van der Waals surface area (Å²) in [7, 11) is 0. The van der Waals surface area contributed by atoms with Gasteiger partial charge >= 0.3 is 0 Å². The summed E-state index contributed by atoms with van der Waals surface area (Å²) in [6.07, 6.45) is 4.02. The maximum absolute atomic E-state index is 13.5. The van der Waals surface area contributed by atoms with Gasteiger partial charge in [-0.15, -0.1) is 11.3 Å². The summed E-state index contributed by atoms with van der Waals surface area (Å²) < 4.78 is 1.88. The van der Waals surface area contributed by atoms with E-state index in [1.807, 2.05) is 22.6 Å². The second kappa shape index (κ2) is 8.75. The third kappa shape index (κ3) is 4.02. The number of nitrogens with one attached hydrogen (secondary N) is 1. The van der Waals surface area contributed by atoms with Crippen molar-refractivity contribution in [3.05, 3.63) is 52.2 Å². The van der Waals surface area contributed by atoms with E-state index >= 15 is 0 Å². The van der Waals surface area contributed by atoms with E-state index in [9.17, 15) is 4.79 Å². The molecule has 9 nitrogen and oxygen atoms in total. The number of rotatable bonds is 5. The van der Waals surface area contributed by atoms with E-state index in [-0.39, 0.29) is 11.9 Å². The zero-order valence-electron chi connectivity index (χ0n) is 20.0. The van der Waals surface area contributed by atoms with E-state index in [0.717, 1.165) is 33.1 Å². The van der Waals surface area contributed by atoms with Gasteiger partial charge < -0.3 is 10.2 Å². The predicted molar refractivity (Wildman–Crippen MR) is 133 cm³/mol. The van der Waals surface area contributed by atoms with Crippen LogP contribution < -0.4 is 5.32 Å². The minimum Gasteiger partial charge on any atom is -0.334 e. The molecule has 0 fully saturated rings. The van der Waals surface area contributed by atoms with Crippen molar-refractivity contribution in [3.63, 3.8) is 0 Å². The number of fused-ring (bicyclic) bond motifs is 2. The molecular formula is C24H28N8OS. The van der Waals surface area contributed by atoms with Gasteiger partial charge in [-0.25, -0.2) is 24.6 Å². The Morgan fingerprint density at radius 3 is 2.74 bits per heavy atom. The molecule has 1 aliphatic heterocycles. The minimum atomic E-state index is -0.0407. The number of pyridine rings is 1. The Hall–Kier alpha value is -3.40. The fourth-order valence-corrected chi connectivity index (χ4v) is 5.03. The van der Waals surface area contributed by atoms with Gasteiger partial charge in [0.2, 0.25) is 0 Å². The van der Waals surface area contributed by atoms with Crippen molar-refractivity contribution in [2.45, 2.75) is 59.5 Å². The highest BCUT2D eigenvalue weighted by molar-refractivity contribution is 7.13. The van der Waals surface area contributed by atoms with Crippen LogP contribution in [0.4, 0.5) is 10.9 Å². The molecule has 0 atom stereocenters. The Morgan fingerprint density at radius 1 is 1.18 bits per heavy atom. The van der Waals surface area contributed by atoms with E-state index in [2.05, 4.69) is 58.4 Å². The normalized spacial score (nSPS) is 13.7. The average Bonchev–Trinajstić information content (AvgIpc) is 3.45. The molecule has 0 aromatic carbocycles. The van der Waals surface area contributed by atoms with Crippen LogP contribution in [0.3, 0.4) is 0 Å². The van der Waals surface area contributed by atoms with Gasteiger partial charge in [-0.2, -0.15) is 5.10 Å². The number of amides is 1. The van der Waals surface area contributed by atoms with Crippen LogP contribution in [-0.4, -0.2) is 47.1 Å². The van der Waals surface area contributed by atoms with Gasteiger partial charge in [-0.05, 0) is 32.8 Å². The second-order valence-corrected chi connectivity index (χ2v) is 10.1. The lowest BCUT2D eigenvalue weighted by Gasteiger charge is -2.29. The highest BCUT2D eigenvalue weighted by atomic mass is 32.1. The quantitative estimate of drug-likeness (QED) is 0.448. The molecule has 176 valence electrons. The van der Waals surface area contributed by atoms with Crippen LogP contribution >= 0.6 is 11.3 Å². The Labute approximate surface area is 202 Å². The Morgan fingerprint density at radius 2 is 2.00 bits per heavy atom. The van der Waals surface area contributed by atoms with Crippen molar-refractivity contribution >= 4 is 39.2 Å². The van der Waals surface area contributed by atoms with Crippen LogP contribution in [0.2, 0.25) is 0 Å². The van der Waals surface area contributed by atoms with Crippen molar-refractivity contribution < 1.29 is 4.79 Å². The van der Waals surface area contributed by atoms with Crippen molar-refractivity contribution in [3.8, 4) is 0 Å². The zero-order chi connectivity index (χ0) is 24.0. The largest absolute Gasteiger partial charge is 0.334 e. The average molecular weight is 477 g/mol. The fourth-order valence-electron chi connectivity index (χ4n) is 4.16. The van der Waals surface area contributed by atoms with Gasteiger partial charge in [0.05, 0.1) is 35.4 Å². The Kier molecular flexibility index (Phi) is 5.76. The van der Waals surface area contributed by atoms with Crippen LogP contribution in [0.5, 0.6) is 0 Å². The molecule has 0 saturated heterocycles. The molecule has 5 rings (SSSR count). The van der Waals surface area contributed by atoms with Crippen LogP contribution in [0.25, 0.3) is 11.0 Å². The van der Waals surface area contributed by atoms with Gasteiger partial charge in [0, 0.05) is 35.3 Å². The molecule has 4 aromatic rings. The summed E-state index contributed by atoms with van der Waals surface area (Å²) in [5, 5.41) is 11.5. The second-order valence-electron chi connectivity index (χ2n) is 9.20. The number of hydrogen-bond donors (Lipinski definition) is 1. The molecule has 0 unspecified atom stereocenters. The lowest BCUT2D eigenvalue weighted by Crippen LogP contribution is -2.37. The lowest BCUT2D eigenvalue weighted by atomic mass is 10.0. The smallest absolute Gasteiger partial charge is 0.256 e. The standard InChI is InChI=1S/C24H28N8OS/c1-13(2)20-11-34-24(29-20)30-21-18-10-31(7-6-19(18)25-12-26-21)23(33)17-8-16-9-27-32(14(3)4)22(16)28-15(17)5/h8-9,11-14H,6-7,10H2,1-5H3,(H,25,26,29,30). The lowest BCUT2D eigenvalue weighted by molar-refractivity contribution is 0.0733. The first-order chi connectivity index (χ1) is 16.3. The third-order valence-corrected chi connectivity index (χ3v) is 6.88. The molecule has 1 aliphatic rings. The molecule has 0 bridgehead atoms. The van der Waals surface area contributed by atoms with Crippen molar-refractivity contribution in [2.75, 3.05) is 11.9 Å². The van der Waals surface area contributed by atoms with Gasteiger partial charge in [0.25, 0.3) is 5.91 Å². The topological polar surface area (TPSA) is 102 Å². The molecule has 0 radical (unpaired) electrons. The summed E-state index contributed by atoms with van der Waals surface area (Å²) in [6.45, 7) is 11.3. The van der Waals surface area contributed by atoms with E-state index in [0.29, 0.717) is 42.5 Å². The summed E-state index contributed by atoms with van der Waals surface area (Å²) in [6, 6.07) is 2.11. The number of hydrogen-bond acceptors (Lipinski definition) is 8. The molecule has 0 saturated carbocycles. The van der Waals surface area contributed by atoms with Crippen LogP contribution in [0, 0.1) is 6.92 Å². The van der Waals surface area contributed by atoms with Crippen LogP contribution in [-0.2, 0) is 13.0 Å². The molecular weight excluding hydrogens is 448 g/mol. The number of carbonyl (C=O) groups excluding carboxylic acids is 1. The summed E-state index contributed by atoms with van der Waals surface area (Å²) in [5.74, 6) is 1.03. The highest BCUT2D eigenvalue weighted by Gasteiger charge is 2.27. The summed E-state index contributed by atoms with van der Waals surface area (Å²) >= 11 is 1.55. The maximum atomic E-state index is 13.5. The fraction of sp³-hybridized carbons (Fsp3) is 0.417. The first-order valence-electron chi connectivity index (χ1n) is 11.5. The summed E-state index contributed by atoms with van der Waals surface area (Å²) in [5.41, 5.74) is 5.06. The van der Waals surface area contributed by atoms with E-state index in [1.54, 1.807) is 23.9 Å². The first-order valence-corrected chi connectivity index (χ1v) is 12.4. The van der Waals surface area contributed by atoms with Crippen molar-refractivity contribution in [1.29, 1.82) is 0 Å². The Balaban J connectivity index is 1.42. The van der Waals surface area contributed by atoms with Crippen molar-refractivity contribution in [2.24, 2.45) is 0 Å². The zero-order valence-corrected chi connectivity index (χ0v) is 20.8. The minimum absolute atomic E-state index is 0.0407. The van der Waals surface area contributed by atoms with Gasteiger partial charge in [0.1, 0.15) is 12.1 Å². The molecule has 0 aliphatic carbocycles. The van der Waals surface area contributed by atoms with Gasteiger partial charge in [-0.3, -0.25) is 4.79 Å². The number of anilines is 2. The first kappa shape index (κ1) is 22.4. The van der Waals surface area contributed by atoms with E-state index in [4.69, 9.17) is 4.98 Å². The van der Waals surface area contributed by atoms with E-state index in [1.165, 1.54) is 0 Å². The predicted octanol–water partition coefficient (Wildman–Crippen LogP) is 4.63. The maximum Gasteiger partial charge on any atom is 0.256 e. The molecule has 1 amide bonds. The molecule has 10 heteroatoms. The third-order valence-electron chi connectivity index (χ3n) is 6.11.